The first-order chi connectivity index (χ1) is 9.83. The number of benzene rings is 1. The van der Waals surface area contributed by atoms with E-state index in [1.165, 1.54) is 5.56 Å². The normalized spacial score (nSPS) is 11.5. The molecule has 2 aromatic rings. The molecule has 0 spiro atoms. The summed E-state index contributed by atoms with van der Waals surface area (Å²) in [7, 11) is 0. The van der Waals surface area contributed by atoms with Crippen LogP contribution in [0, 0.1) is 6.92 Å². The molecule has 4 heteroatoms. The van der Waals surface area contributed by atoms with Crippen LogP contribution in [0.4, 0.5) is 0 Å². The molecule has 0 atom stereocenters. The largest absolute Gasteiger partial charge is 0.438 e. The maximum absolute atomic E-state index is 6.25. The molecule has 3 nitrogen and oxygen atoms in total. The number of pyridine rings is 1. The predicted octanol–water partition coefficient (Wildman–Crippen LogP) is 4.72. The Morgan fingerprint density at radius 3 is 2.43 bits per heavy atom. The van der Waals surface area contributed by atoms with Crippen LogP contribution < -0.4 is 10.1 Å². The highest BCUT2D eigenvalue weighted by molar-refractivity contribution is 6.31. The van der Waals surface area contributed by atoms with Gasteiger partial charge >= 0.3 is 0 Å². The first-order valence-corrected chi connectivity index (χ1v) is 7.35. The lowest BCUT2D eigenvalue weighted by molar-refractivity contribution is 0.423. The molecule has 0 saturated carbocycles. The third-order valence-electron chi connectivity index (χ3n) is 2.92. The summed E-state index contributed by atoms with van der Waals surface area (Å²) in [6.45, 7) is 9.12. The Labute approximate surface area is 131 Å². The standard InChI is InChI=1S/C17H21ClN2O/c1-12-5-7-14(8-6-12)21-16-15(18)9-13(10-19-16)11-20-17(2,3)4/h5-10,20H,11H2,1-4H3. The van der Waals surface area contributed by atoms with E-state index in [0.29, 0.717) is 10.9 Å². The van der Waals surface area contributed by atoms with Crippen molar-refractivity contribution in [2.24, 2.45) is 0 Å². The number of rotatable bonds is 4. The van der Waals surface area contributed by atoms with Crippen molar-refractivity contribution in [1.82, 2.24) is 10.3 Å². The lowest BCUT2D eigenvalue weighted by Crippen LogP contribution is -2.35. The fourth-order valence-electron chi connectivity index (χ4n) is 1.72. The van der Waals surface area contributed by atoms with Crippen LogP contribution in [0.3, 0.4) is 0 Å². The Bertz CT molecular complexity index is 603. The molecule has 112 valence electrons. The van der Waals surface area contributed by atoms with Crippen LogP contribution in [-0.2, 0) is 6.54 Å². The van der Waals surface area contributed by atoms with Crippen LogP contribution in [0.5, 0.6) is 11.6 Å². The van der Waals surface area contributed by atoms with Gasteiger partial charge in [-0.2, -0.15) is 0 Å². The molecule has 1 aromatic carbocycles. The molecule has 1 N–H and O–H groups in total. The van der Waals surface area contributed by atoms with E-state index in [-0.39, 0.29) is 5.54 Å². The average molecular weight is 305 g/mol. The van der Waals surface area contributed by atoms with Gasteiger partial charge in [0.25, 0.3) is 0 Å². The molecule has 0 bridgehead atoms. The lowest BCUT2D eigenvalue weighted by atomic mass is 10.1. The van der Waals surface area contributed by atoms with Gasteiger partial charge in [0.1, 0.15) is 10.8 Å². The maximum atomic E-state index is 6.25. The second-order valence-electron chi connectivity index (χ2n) is 6.15. The van der Waals surface area contributed by atoms with Crippen molar-refractivity contribution in [1.29, 1.82) is 0 Å². The molecule has 2 rings (SSSR count). The zero-order chi connectivity index (χ0) is 15.5. The van der Waals surface area contributed by atoms with E-state index in [9.17, 15) is 0 Å². The number of halogens is 1. The van der Waals surface area contributed by atoms with Crippen molar-refractivity contribution >= 4 is 11.6 Å². The molecule has 0 saturated heterocycles. The van der Waals surface area contributed by atoms with Crippen molar-refractivity contribution in [2.75, 3.05) is 0 Å². The van der Waals surface area contributed by atoms with E-state index in [2.05, 4.69) is 31.1 Å². The summed E-state index contributed by atoms with van der Waals surface area (Å²) in [5.74, 6) is 1.16. The van der Waals surface area contributed by atoms with Gasteiger partial charge in [-0.15, -0.1) is 0 Å². The topological polar surface area (TPSA) is 34.1 Å². The molecule has 0 unspecified atom stereocenters. The molecular formula is C17H21ClN2O. The van der Waals surface area contributed by atoms with Crippen molar-refractivity contribution < 1.29 is 4.74 Å². The molecule has 0 aliphatic carbocycles. The number of aryl methyl sites for hydroxylation is 1. The van der Waals surface area contributed by atoms with Crippen LogP contribution in [0.2, 0.25) is 5.02 Å². The summed E-state index contributed by atoms with van der Waals surface area (Å²) in [5.41, 5.74) is 2.28. The minimum absolute atomic E-state index is 0.0591. The molecule has 0 aliphatic rings. The third kappa shape index (κ3) is 5.03. The summed E-state index contributed by atoms with van der Waals surface area (Å²) in [6.07, 6.45) is 1.79. The van der Waals surface area contributed by atoms with Gasteiger partial charge in [-0.05, 0) is 51.5 Å². The second-order valence-corrected chi connectivity index (χ2v) is 6.56. The van der Waals surface area contributed by atoms with E-state index in [1.807, 2.05) is 37.3 Å². The van der Waals surface area contributed by atoms with E-state index in [0.717, 1.165) is 17.9 Å². The molecule has 1 aromatic heterocycles. The quantitative estimate of drug-likeness (QED) is 0.887. The fourth-order valence-corrected chi connectivity index (χ4v) is 1.95. The molecule has 1 heterocycles. The van der Waals surface area contributed by atoms with Gasteiger partial charge in [0, 0.05) is 18.3 Å². The number of aromatic nitrogens is 1. The van der Waals surface area contributed by atoms with E-state index < -0.39 is 0 Å². The van der Waals surface area contributed by atoms with Crippen molar-refractivity contribution in [3.8, 4) is 11.6 Å². The summed E-state index contributed by atoms with van der Waals surface area (Å²) in [6, 6.07) is 9.68. The van der Waals surface area contributed by atoms with Gasteiger partial charge in [-0.1, -0.05) is 29.3 Å². The summed E-state index contributed by atoms with van der Waals surface area (Å²) in [4.78, 5) is 4.30. The van der Waals surface area contributed by atoms with Crippen LogP contribution in [0.25, 0.3) is 0 Å². The van der Waals surface area contributed by atoms with Gasteiger partial charge < -0.3 is 10.1 Å². The highest BCUT2D eigenvalue weighted by Crippen LogP contribution is 2.27. The first kappa shape index (κ1) is 15.8. The van der Waals surface area contributed by atoms with Gasteiger partial charge in [-0.25, -0.2) is 4.98 Å². The summed E-state index contributed by atoms with van der Waals surface area (Å²) >= 11 is 6.25. The molecular weight excluding hydrogens is 284 g/mol. The third-order valence-corrected chi connectivity index (χ3v) is 3.19. The zero-order valence-corrected chi connectivity index (χ0v) is 13.7. The van der Waals surface area contributed by atoms with E-state index in [1.54, 1.807) is 6.20 Å². The fraction of sp³-hybridized carbons (Fsp3) is 0.353. The van der Waals surface area contributed by atoms with Gasteiger partial charge in [0.2, 0.25) is 5.88 Å². The van der Waals surface area contributed by atoms with Crippen LogP contribution in [-0.4, -0.2) is 10.5 Å². The Kier molecular flexibility index (Phi) is 4.86. The minimum atomic E-state index is 0.0591. The zero-order valence-electron chi connectivity index (χ0n) is 12.9. The first-order valence-electron chi connectivity index (χ1n) is 6.97. The van der Waals surface area contributed by atoms with E-state index >= 15 is 0 Å². The van der Waals surface area contributed by atoms with Crippen LogP contribution >= 0.6 is 11.6 Å². The highest BCUT2D eigenvalue weighted by atomic mass is 35.5. The predicted molar refractivity (Wildman–Crippen MR) is 87.1 cm³/mol. The molecule has 0 aliphatic heterocycles. The summed E-state index contributed by atoms with van der Waals surface area (Å²) in [5, 5.41) is 3.92. The number of nitrogens with one attached hydrogen (secondary N) is 1. The van der Waals surface area contributed by atoms with Crippen molar-refractivity contribution in [3.05, 3.63) is 52.7 Å². The Morgan fingerprint density at radius 1 is 1.19 bits per heavy atom. The Hall–Kier alpha value is -1.58. The smallest absolute Gasteiger partial charge is 0.238 e. The number of hydrogen-bond donors (Lipinski definition) is 1. The van der Waals surface area contributed by atoms with E-state index in [4.69, 9.17) is 16.3 Å². The number of ether oxygens (including phenoxy) is 1. The number of nitrogens with zero attached hydrogens (tertiary/aromatic N) is 1. The van der Waals surface area contributed by atoms with Gasteiger partial charge in [-0.3, -0.25) is 0 Å². The molecule has 21 heavy (non-hydrogen) atoms. The highest BCUT2D eigenvalue weighted by Gasteiger charge is 2.10. The molecule has 0 radical (unpaired) electrons. The van der Waals surface area contributed by atoms with Crippen LogP contribution in [0.15, 0.2) is 36.5 Å². The van der Waals surface area contributed by atoms with Crippen LogP contribution in [0.1, 0.15) is 31.9 Å². The summed E-state index contributed by atoms with van der Waals surface area (Å²) < 4.78 is 5.70. The second kappa shape index (κ2) is 6.46. The molecule has 0 amide bonds. The maximum Gasteiger partial charge on any atom is 0.238 e. The SMILES string of the molecule is Cc1ccc(Oc2ncc(CNC(C)(C)C)cc2Cl)cc1. The average Bonchev–Trinajstić information content (AvgIpc) is 2.41. The molecule has 0 fully saturated rings. The van der Waals surface area contributed by atoms with Gasteiger partial charge in [0.05, 0.1) is 0 Å². The Morgan fingerprint density at radius 2 is 1.86 bits per heavy atom. The Balaban J connectivity index is 2.07. The van der Waals surface area contributed by atoms with Crippen molar-refractivity contribution in [2.45, 2.75) is 39.8 Å². The minimum Gasteiger partial charge on any atom is -0.438 e. The number of hydrogen-bond acceptors (Lipinski definition) is 3. The monoisotopic (exact) mass is 304 g/mol. The van der Waals surface area contributed by atoms with Crippen molar-refractivity contribution in [3.63, 3.8) is 0 Å². The van der Waals surface area contributed by atoms with Gasteiger partial charge in [0.15, 0.2) is 0 Å². The lowest BCUT2D eigenvalue weighted by Gasteiger charge is -2.20.